The fourth-order valence-corrected chi connectivity index (χ4v) is 2.55. The first kappa shape index (κ1) is 14.3. The fourth-order valence-electron chi connectivity index (χ4n) is 1.77. The van der Waals surface area contributed by atoms with Gasteiger partial charge in [0.15, 0.2) is 0 Å². The molecule has 4 amide bonds. The number of methoxy groups -OCH3 is 1. The number of hydrogen-bond donors (Lipinski definition) is 4. The molecule has 9 heteroatoms. The monoisotopic (exact) mass is 298 g/mol. The highest BCUT2D eigenvalue weighted by Crippen LogP contribution is 2.21. The number of ether oxygens (including phenoxy) is 1. The Bertz CT molecular complexity index is 529. The molecule has 2 heterocycles. The number of carbonyl (C=O) groups excluding carboxylic acids is 3. The third kappa shape index (κ3) is 2.58. The summed E-state index contributed by atoms with van der Waals surface area (Å²) < 4.78 is 5.04. The third-order valence-electron chi connectivity index (χ3n) is 2.91. The molecule has 0 spiro atoms. The fraction of sp³-hybridized carbons (Fsp3) is 0.364. The summed E-state index contributed by atoms with van der Waals surface area (Å²) in [5.41, 5.74) is 3.69. The first-order valence-electron chi connectivity index (χ1n) is 5.73. The summed E-state index contributed by atoms with van der Waals surface area (Å²) in [5, 5.41) is 9.07. The van der Waals surface area contributed by atoms with Gasteiger partial charge in [0.05, 0.1) is 6.54 Å². The predicted octanol–water partition coefficient (Wildman–Crippen LogP) is -0.954. The van der Waals surface area contributed by atoms with Crippen molar-refractivity contribution in [3.05, 3.63) is 22.4 Å². The van der Waals surface area contributed by atoms with Crippen molar-refractivity contribution in [2.45, 2.75) is 11.8 Å². The van der Waals surface area contributed by atoms with E-state index in [0.717, 1.165) is 0 Å². The molecule has 1 aromatic rings. The maximum absolute atomic E-state index is 12.3. The molecule has 2 rings (SSSR count). The van der Waals surface area contributed by atoms with Crippen LogP contribution in [0.5, 0.6) is 0 Å². The van der Waals surface area contributed by atoms with Gasteiger partial charge in [0.25, 0.3) is 11.8 Å². The highest BCUT2D eigenvalue weighted by Gasteiger charge is 2.49. The van der Waals surface area contributed by atoms with Gasteiger partial charge in [-0.05, 0) is 11.4 Å². The minimum Gasteiger partial charge on any atom is -0.352 e. The summed E-state index contributed by atoms with van der Waals surface area (Å²) in [4.78, 5) is 35.4. The molecule has 0 radical (unpaired) electrons. The molecule has 1 saturated heterocycles. The summed E-state index contributed by atoms with van der Waals surface area (Å²) >= 11 is 1.29. The first-order chi connectivity index (χ1) is 9.48. The van der Waals surface area contributed by atoms with Gasteiger partial charge in [0.1, 0.15) is 6.04 Å². The lowest BCUT2D eigenvalue weighted by Crippen LogP contribution is -2.74. The largest absolute Gasteiger partial charge is 0.352 e. The molecule has 0 aromatic carbocycles. The van der Waals surface area contributed by atoms with Crippen LogP contribution in [0.25, 0.3) is 0 Å². The van der Waals surface area contributed by atoms with Crippen LogP contribution in [0, 0.1) is 0 Å². The lowest BCUT2D eigenvalue weighted by atomic mass is 10.1. The molecule has 8 nitrogen and oxygen atoms in total. The number of hydrogen-bond acceptors (Lipinski definition) is 5. The van der Waals surface area contributed by atoms with E-state index in [0.29, 0.717) is 4.88 Å². The molecule has 0 bridgehead atoms. The van der Waals surface area contributed by atoms with E-state index in [9.17, 15) is 14.4 Å². The van der Waals surface area contributed by atoms with Gasteiger partial charge in [0, 0.05) is 12.0 Å². The van der Waals surface area contributed by atoms with E-state index < -0.39 is 29.6 Å². The molecule has 5 N–H and O–H groups in total. The van der Waals surface area contributed by atoms with E-state index >= 15 is 0 Å². The van der Waals surface area contributed by atoms with Crippen LogP contribution in [0.4, 0.5) is 4.79 Å². The number of thiophene rings is 1. The van der Waals surface area contributed by atoms with E-state index in [1.807, 2.05) is 0 Å². The molecule has 0 aliphatic carbocycles. The topological polar surface area (TPSA) is 123 Å². The van der Waals surface area contributed by atoms with Crippen molar-refractivity contribution < 1.29 is 19.1 Å². The zero-order chi connectivity index (χ0) is 14.8. The second-order valence-corrected chi connectivity index (χ2v) is 5.14. The van der Waals surface area contributed by atoms with Gasteiger partial charge >= 0.3 is 6.03 Å². The van der Waals surface area contributed by atoms with Crippen LogP contribution in [0.1, 0.15) is 10.9 Å². The predicted molar refractivity (Wildman–Crippen MR) is 70.7 cm³/mol. The van der Waals surface area contributed by atoms with Gasteiger partial charge in [-0.15, -0.1) is 11.3 Å². The number of nitrogens with one attached hydrogen (secondary N) is 3. The van der Waals surface area contributed by atoms with Crippen LogP contribution in [0.15, 0.2) is 17.5 Å². The number of nitrogens with two attached hydrogens (primary N) is 1. The number of amides is 4. The molecule has 0 saturated carbocycles. The maximum Gasteiger partial charge on any atom is 0.313 e. The normalized spacial score (nSPS) is 22.4. The zero-order valence-electron chi connectivity index (χ0n) is 10.6. The number of β-lactam (4-membered cyclic amide) rings is 1. The third-order valence-corrected chi connectivity index (χ3v) is 3.85. The number of primary amides is 1. The summed E-state index contributed by atoms with van der Waals surface area (Å²) in [7, 11) is 1.32. The molecule has 1 aliphatic rings. The summed E-state index contributed by atoms with van der Waals surface area (Å²) in [6.07, 6.45) is 0. The van der Waals surface area contributed by atoms with Crippen LogP contribution >= 0.6 is 11.3 Å². The number of rotatable bonds is 5. The van der Waals surface area contributed by atoms with E-state index in [2.05, 4.69) is 16.0 Å². The van der Waals surface area contributed by atoms with Crippen molar-refractivity contribution in [1.82, 2.24) is 16.0 Å². The number of urea groups is 1. The Kier molecular flexibility index (Phi) is 3.91. The van der Waals surface area contributed by atoms with E-state index in [4.69, 9.17) is 10.5 Å². The van der Waals surface area contributed by atoms with Crippen molar-refractivity contribution in [3.8, 4) is 0 Å². The molecule has 1 aliphatic heterocycles. The molecular formula is C11H14N4O4S. The first-order valence-corrected chi connectivity index (χ1v) is 6.61. The lowest BCUT2D eigenvalue weighted by molar-refractivity contribution is -0.167. The SMILES string of the molecule is COC1(NC(=O)C(NC(N)=O)c2cccs2)CNC1=O. The van der Waals surface area contributed by atoms with Gasteiger partial charge in [-0.25, -0.2) is 4.79 Å². The molecular weight excluding hydrogens is 284 g/mol. The van der Waals surface area contributed by atoms with Crippen LogP contribution < -0.4 is 21.7 Å². The van der Waals surface area contributed by atoms with E-state index in [1.165, 1.54) is 18.4 Å². The van der Waals surface area contributed by atoms with Crippen LogP contribution in [0.3, 0.4) is 0 Å². The summed E-state index contributed by atoms with van der Waals surface area (Å²) in [6, 6.07) is 1.63. The van der Waals surface area contributed by atoms with Crippen LogP contribution in [-0.4, -0.2) is 37.2 Å². The van der Waals surface area contributed by atoms with Crippen LogP contribution in [0.2, 0.25) is 0 Å². The van der Waals surface area contributed by atoms with Crippen molar-refractivity contribution in [2.24, 2.45) is 5.73 Å². The Labute approximate surface area is 118 Å². The zero-order valence-corrected chi connectivity index (χ0v) is 11.5. The highest BCUT2D eigenvalue weighted by atomic mass is 32.1. The standard InChI is InChI=1S/C11H14N4O4S/c1-19-11(5-13-9(11)17)15-8(16)7(14-10(12)18)6-3-2-4-20-6/h2-4,7H,5H2,1H3,(H,13,17)(H,15,16)(H3,12,14,18). The Morgan fingerprint density at radius 1 is 1.60 bits per heavy atom. The van der Waals surface area contributed by atoms with E-state index in [1.54, 1.807) is 17.5 Å². The Morgan fingerprint density at radius 2 is 2.35 bits per heavy atom. The number of carbonyl (C=O) groups is 3. The average molecular weight is 298 g/mol. The van der Waals surface area contributed by atoms with Crippen molar-refractivity contribution in [3.63, 3.8) is 0 Å². The van der Waals surface area contributed by atoms with Gasteiger partial charge in [-0.2, -0.15) is 0 Å². The minimum atomic E-state index is -1.38. The minimum absolute atomic E-state index is 0.168. The lowest BCUT2D eigenvalue weighted by Gasteiger charge is -2.40. The molecule has 2 atom stereocenters. The smallest absolute Gasteiger partial charge is 0.313 e. The molecule has 2 unspecified atom stereocenters. The molecule has 1 fully saturated rings. The average Bonchev–Trinajstić information content (AvgIpc) is 2.93. The van der Waals surface area contributed by atoms with Gasteiger partial charge in [-0.1, -0.05) is 6.07 Å². The Hall–Kier alpha value is -2.13. The quantitative estimate of drug-likeness (QED) is 0.413. The van der Waals surface area contributed by atoms with Crippen molar-refractivity contribution >= 4 is 29.2 Å². The second kappa shape index (κ2) is 5.47. The van der Waals surface area contributed by atoms with Crippen LogP contribution in [-0.2, 0) is 14.3 Å². The van der Waals surface area contributed by atoms with Crippen molar-refractivity contribution in [1.29, 1.82) is 0 Å². The Balaban J connectivity index is 2.15. The molecule has 20 heavy (non-hydrogen) atoms. The molecule has 1 aromatic heterocycles. The Morgan fingerprint density at radius 3 is 2.75 bits per heavy atom. The van der Waals surface area contributed by atoms with Gasteiger partial charge in [0.2, 0.25) is 5.72 Å². The van der Waals surface area contributed by atoms with Gasteiger partial charge in [-0.3, -0.25) is 9.59 Å². The van der Waals surface area contributed by atoms with Crippen molar-refractivity contribution in [2.75, 3.05) is 13.7 Å². The van der Waals surface area contributed by atoms with E-state index in [-0.39, 0.29) is 6.54 Å². The summed E-state index contributed by atoms with van der Waals surface area (Å²) in [5.74, 6) is -1.000. The highest BCUT2D eigenvalue weighted by molar-refractivity contribution is 7.10. The maximum atomic E-state index is 12.3. The summed E-state index contributed by atoms with van der Waals surface area (Å²) in [6.45, 7) is 0.168. The second-order valence-electron chi connectivity index (χ2n) is 4.16. The van der Waals surface area contributed by atoms with Gasteiger partial charge < -0.3 is 26.4 Å². The molecule has 108 valence electrons.